The minimum absolute atomic E-state index is 0.0986. The lowest BCUT2D eigenvalue weighted by Crippen LogP contribution is -2.52. The van der Waals surface area contributed by atoms with E-state index < -0.39 is 38.7 Å². The Hall–Kier alpha value is -3.07. The first kappa shape index (κ1) is 22.1. The van der Waals surface area contributed by atoms with Crippen LogP contribution in [0.3, 0.4) is 0 Å². The summed E-state index contributed by atoms with van der Waals surface area (Å²) in [7, 11) is -4.19. The van der Waals surface area contributed by atoms with Crippen molar-refractivity contribution in [1.29, 1.82) is 0 Å². The maximum atomic E-state index is 14.1. The number of hydrogen-bond donors (Lipinski definition) is 2. The highest BCUT2D eigenvalue weighted by atomic mass is 32.2. The number of carbonyl (C=O) groups excluding carboxylic acids is 2. The first-order valence-corrected chi connectivity index (χ1v) is 12.0. The predicted molar refractivity (Wildman–Crippen MR) is 120 cm³/mol. The Morgan fingerprint density at radius 1 is 1.09 bits per heavy atom. The molecule has 1 atom stereocenters. The molecule has 0 bridgehead atoms. The van der Waals surface area contributed by atoms with Crippen molar-refractivity contribution in [3.05, 3.63) is 53.3 Å². The molecule has 0 saturated heterocycles. The molecule has 0 saturated carbocycles. The van der Waals surface area contributed by atoms with Crippen LogP contribution in [0.15, 0.2) is 45.7 Å². The lowest BCUT2D eigenvalue weighted by molar-refractivity contribution is -0.126. The molecule has 1 aliphatic carbocycles. The molecule has 32 heavy (non-hydrogen) atoms. The van der Waals surface area contributed by atoms with Gasteiger partial charge in [0.25, 0.3) is 10.0 Å². The van der Waals surface area contributed by atoms with Gasteiger partial charge in [0.15, 0.2) is 11.6 Å². The number of nitrogens with one attached hydrogen (secondary N) is 1. The van der Waals surface area contributed by atoms with Crippen molar-refractivity contribution in [1.82, 2.24) is 0 Å². The second-order valence-corrected chi connectivity index (χ2v) is 9.84. The van der Waals surface area contributed by atoms with Crippen molar-refractivity contribution in [2.75, 3.05) is 11.1 Å². The van der Waals surface area contributed by atoms with Crippen LogP contribution in [0.1, 0.15) is 55.5 Å². The maximum absolute atomic E-state index is 14.1. The van der Waals surface area contributed by atoms with Gasteiger partial charge in [0.05, 0.1) is 11.1 Å². The van der Waals surface area contributed by atoms with Crippen LogP contribution in [0.5, 0.6) is 0 Å². The summed E-state index contributed by atoms with van der Waals surface area (Å²) < 4.78 is 43.6. The molecular formula is C23H24FN3O4S. The molecule has 2 aromatic rings. The second kappa shape index (κ2) is 7.81. The van der Waals surface area contributed by atoms with Gasteiger partial charge in [-0.3, -0.25) is 9.59 Å². The summed E-state index contributed by atoms with van der Waals surface area (Å²) in [4.78, 5) is 27.2. The number of carbonyl (C=O) groups is 2. The highest BCUT2D eigenvalue weighted by Crippen LogP contribution is 2.45. The van der Waals surface area contributed by atoms with Crippen LogP contribution in [-0.2, 0) is 20.2 Å². The molecule has 168 valence electrons. The summed E-state index contributed by atoms with van der Waals surface area (Å²) >= 11 is 0. The Labute approximate surface area is 186 Å². The first-order chi connectivity index (χ1) is 15.1. The molecule has 0 fully saturated rings. The van der Waals surface area contributed by atoms with Gasteiger partial charge in [-0.1, -0.05) is 32.8 Å². The van der Waals surface area contributed by atoms with E-state index in [1.807, 2.05) is 13.8 Å². The molecule has 0 radical (unpaired) electrons. The Kier molecular flexibility index (Phi) is 5.40. The van der Waals surface area contributed by atoms with Gasteiger partial charge in [-0.25, -0.2) is 4.39 Å². The molecule has 1 aliphatic heterocycles. The number of halogens is 1. The molecule has 4 rings (SSSR count). The molecule has 0 spiro atoms. The summed E-state index contributed by atoms with van der Waals surface area (Å²) in [6, 6.07) is 8.13. The molecule has 9 heteroatoms. The SMILES string of the molecule is CCCC1(CCC)C(=O)C(C2=NS(=O)(=O)c3cc(N)ccc3N2)C(=O)c2cc(F)ccc21. The van der Waals surface area contributed by atoms with E-state index >= 15 is 0 Å². The Balaban J connectivity index is 1.92. The predicted octanol–water partition coefficient (Wildman–Crippen LogP) is 3.84. The van der Waals surface area contributed by atoms with Crippen LogP contribution >= 0.6 is 0 Å². The smallest absolute Gasteiger partial charge is 0.286 e. The number of nitrogen functional groups attached to an aromatic ring is 1. The zero-order valence-corrected chi connectivity index (χ0v) is 18.6. The third-order valence-corrected chi connectivity index (χ3v) is 7.48. The molecule has 1 heterocycles. The van der Waals surface area contributed by atoms with Crippen molar-refractivity contribution in [2.24, 2.45) is 10.3 Å². The fourth-order valence-electron chi connectivity index (χ4n) is 4.88. The van der Waals surface area contributed by atoms with E-state index in [0.717, 1.165) is 6.07 Å². The van der Waals surface area contributed by atoms with Gasteiger partial charge in [-0.15, -0.1) is 4.40 Å². The number of ketones is 2. The number of benzene rings is 2. The molecule has 2 aromatic carbocycles. The van der Waals surface area contributed by atoms with E-state index in [4.69, 9.17) is 5.73 Å². The summed E-state index contributed by atoms with van der Waals surface area (Å²) in [6.07, 6.45) is 2.22. The number of hydrogen-bond acceptors (Lipinski definition) is 6. The van der Waals surface area contributed by atoms with Crippen molar-refractivity contribution < 1.29 is 22.4 Å². The maximum Gasteiger partial charge on any atom is 0.286 e. The minimum atomic E-state index is -4.19. The normalized spacial score (nSPS) is 20.7. The number of nitrogens with two attached hydrogens (primary N) is 1. The highest BCUT2D eigenvalue weighted by Gasteiger charge is 2.53. The van der Waals surface area contributed by atoms with Crippen molar-refractivity contribution >= 4 is 38.8 Å². The Morgan fingerprint density at radius 3 is 2.44 bits per heavy atom. The fourth-order valence-corrected chi connectivity index (χ4v) is 6.07. The van der Waals surface area contributed by atoms with E-state index in [1.165, 1.54) is 30.3 Å². The zero-order valence-electron chi connectivity index (χ0n) is 17.8. The fraction of sp³-hybridized carbons (Fsp3) is 0.348. The molecule has 2 aliphatic rings. The average molecular weight is 458 g/mol. The van der Waals surface area contributed by atoms with Crippen molar-refractivity contribution in [2.45, 2.75) is 49.8 Å². The number of rotatable bonds is 5. The van der Waals surface area contributed by atoms with Crippen LogP contribution in [0, 0.1) is 11.7 Å². The van der Waals surface area contributed by atoms with Crippen molar-refractivity contribution in [3.63, 3.8) is 0 Å². The summed E-state index contributed by atoms with van der Waals surface area (Å²) in [5.41, 5.74) is 5.71. The van der Waals surface area contributed by atoms with Gasteiger partial charge in [-0.05, 0) is 48.7 Å². The summed E-state index contributed by atoms with van der Waals surface area (Å²) in [6.45, 7) is 3.86. The van der Waals surface area contributed by atoms with Crippen LogP contribution < -0.4 is 11.1 Å². The number of anilines is 2. The average Bonchev–Trinajstić information content (AvgIpc) is 2.73. The zero-order chi connectivity index (χ0) is 23.3. The lowest BCUT2D eigenvalue weighted by Gasteiger charge is -2.41. The summed E-state index contributed by atoms with van der Waals surface area (Å²) in [5, 5.41) is 2.86. The number of Topliss-reactive ketones (excluding diaryl/α,β-unsaturated/α-hetero) is 2. The number of amidine groups is 1. The summed E-state index contributed by atoms with van der Waals surface area (Å²) in [5.74, 6) is -3.40. The largest absolute Gasteiger partial charge is 0.399 e. The monoisotopic (exact) mass is 457 g/mol. The van der Waals surface area contributed by atoms with Crippen LogP contribution in [0.4, 0.5) is 15.8 Å². The first-order valence-electron chi connectivity index (χ1n) is 10.5. The minimum Gasteiger partial charge on any atom is -0.399 e. The van der Waals surface area contributed by atoms with Gasteiger partial charge < -0.3 is 11.1 Å². The molecule has 3 N–H and O–H groups in total. The molecule has 0 aromatic heterocycles. The van der Waals surface area contributed by atoms with Gasteiger partial charge in [0.1, 0.15) is 22.5 Å². The molecule has 1 unspecified atom stereocenters. The van der Waals surface area contributed by atoms with E-state index in [-0.39, 0.29) is 27.7 Å². The molecular weight excluding hydrogens is 433 g/mol. The Bertz CT molecular complexity index is 1260. The highest BCUT2D eigenvalue weighted by molar-refractivity contribution is 7.90. The third kappa shape index (κ3) is 3.31. The third-order valence-electron chi connectivity index (χ3n) is 6.15. The van der Waals surface area contributed by atoms with E-state index in [2.05, 4.69) is 9.71 Å². The van der Waals surface area contributed by atoms with E-state index in [0.29, 0.717) is 31.2 Å². The second-order valence-electron chi connectivity index (χ2n) is 8.27. The van der Waals surface area contributed by atoms with Gasteiger partial charge >= 0.3 is 0 Å². The van der Waals surface area contributed by atoms with Crippen LogP contribution in [0.25, 0.3) is 0 Å². The van der Waals surface area contributed by atoms with Crippen LogP contribution in [0.2, 0.25) is 0 Å². The van der Waals surface area contributed by atoms with Crippen LogP contribution in [-0.4, -0.2) is 25.8 Å². The van der Waals surface area contributed by atoms with Gasteiger partial charge in [0.2, 0.25) is 0 Å². The van der Waals surface area contributed by atoms with Crippen molar-refractivity contribution in [3.8, 4) is 0 Å². The topological polar surface area (TPSA) is 119 Å². The number of sulfonamides is 1. The standard InChI is InChI=1S/C23H24FN3O4S/c1-3-9-23(10-4-2)16-7-5-13(24)11-15(16)20(28)19(21(23)29)22-26-17-8-6-14(25)12-18(17)32(30,31)27-22/h5-8,11-12,19H,3-4,9-10,25H2,1-2H3,(H,26,27). The van der Waals surface area contributed by atoms with E-state index in [9.17, 15) is 22.4 Å². The lowest BCUT2D eigenvalue weighted by atomic mass is 9.60. The van der Waals surface area contributed by atoms with Gasteiger partial charge in [0, 0.05) is 11.3 Å². The quantitative estimate of drug-likeness (QED) is 0.520. The van der Waals surface area contributed by atoms with Gasteiger partial charge in [-0.2, -0.15) is 8.42 Å². The number of fused-ring (bicyclic) bond motifs is 2. The molecule has 7 nitrogen and oxygen atoms in total. The van der Waals surface area contributed by atoms with E-state index in [1.54, 1.807) is 0 Å². The number of nitrogens with zero attached hydrogens (tertiary/aromatic N) is 1. The molecule has 0 amide bonds. The Morgan fingerprint density at radius 2 is 1.78 bits per heavy atom.